The van der Waals surface area contributed by atoms with Crippen molar-refractivity contribution in [2.75, 3.05) is 11.9 Å². The van der Waals surface area contributed by atoms with Crippen LogP contribution in [0.1, 0.15) is 51.3 Å². The van der Waals surface area contributed by atoms with Crippen LogP contribution in [0.4, 0.5) is 5.13 Å². The molecular weight excluding hydrogens is 222 g/mol. The summed E-state index contributed by atoms with van der Waals surface area (Å²) in [5.74, 6) is 1.60. The Morgan fingerprint density at radius 1 is 1.56 bits per heavy atom. The Bertz CT molecular complexity index is 351. The lowest BCUT2D eigenvalue weighted by molar-refractivity contribution is 0.252. The molecule has 1 aliphatic carbocycles. The molecule has 0 spiro atoms. The van der Waals surface area contributed by atoms with E-state index in [-0.39, 0.29) is 12.1 Å². The van der Waals surface area contributed by atoms with Crippen molar-refractivity contribution in [2.45, 2.75) is 51.0 Å². The van der Waals surface area contributed by atoms with Crippen molar-refractivity contribution < 1.29 is 5.11 Å². The van der Waals surface area contributed by atoms with Crippen LogP contribution in [0.15, 0.2) is 0 Å². The van der Waals surface area contributed by atoms with Crippen LogP contribution >= 0.6 is 11.5 Å². The highest BCUT2D eigenvalue weighted by molar-refractivity contribution is 7.09. The van der Waals surface area contributed by atoms with Crippen molar-refractivity contribution in [3.63, 3.8) is 0 Å². The number of hydrogen-bond donors (Lipinski definition) is 2. The maximum absolute atomic E-state index is 9.04. The summed E-state index contributed by atoms with van der Waals surface area (Å²) in [6.07, 6.45) is 4.17. The Labute approximate surface area is 100 Å². The summed E-state index contributed by atoms with van der Waals surface area (Å²) in [5.41, 5.74) is -0.0743. The van der Waals surface area contributed by atoms with E-state index in [0.29, 0.717) is 5.92 Å². The van der Waals surface area contributed by atoms with E-state index in [4.69, 9.17) is 5.11 Å². The third-order valence-electron chi connectivity index (χ3n) is 3.24. The first kappa shape index (κ1) is 11.8. The minimum atomic E-state index is -0.0743. The van der Waals surface area contributed by atoms with Gasteiger partial charge in [0.2, 0.25) is 5.13 Å². The molecule has 1 aliphatic rings. The van der Waals surface area contributed by atoms with E-state index in [2.05, 4.69) is 28.5 Å². The molecule has 16 heavy (non-hydrogen) atoms. The summed E-state index contributed by atoms with van der Waals surface area (Å²) in [6.45, 7) is 4.43. The predicted molar refractivity (Wildman–Crippen MR) is 65.9 cm³/mol. The summed E-state index contributed by atoms with van der Waals surface area (Å²) < 4.78 is 4.36. The Kier molecular flexibility index (Phi) is 3.44. The van der Waals surface area contributed by atoms with Gasteiger partial charge in [-0.05, 0) is 32.6 Å². The minimum Gasteiger partial charge on any atom is -0.396 e. The van der Waals surface area contributed by atoms with E-state index < -0.39 is 0 Å². The molecule has 1 saturated carbocycles. The Balaban J connectivity index is 2.00. The SMILES string of the molecule is CCC(C)(CCO)Nc1nc(C2CC2)ns1. The molecule has 0 aromatic carbocycles. The first-order valence-corrected chi connectivity index (χ1v) is 6.67. The first-order valence-electron chi connectivity index (χ1n) is 5.89. The van der Waals surface area contributed by atoms with E-state index in [1.165, 1.54) is 24.4 Å². The average Bonchev–Trinajstić information content (AvgIpc) is 3.01. The molecule has 1 heterocycles. The minimum absolute atomic E-state index is 0.0743. The summed E-state index contributed by atoms with van der Waals surface area (Å²) in [7, 11) is 0. The quantitative estimate of drug-likeness (QED) is 0.803. The second-order valence-electron chi connectivity index (χ2n) is 4.74. The predicted octanol–water partition coefficient (Wildman–Crippen LogP) is 2.38. The molecule has 1 unspecified atom stereocenters. The zero-order valence-corrected chi connectivity index (χ0v) is 10.7. The standard InChI is InChI=1S/C11H19N3OS/c1-3-11(2,6-7-15)13-10-12-9(14-16-10)8-4-5-8/h8,15H,3-7H2,1-2H3,(H,12,13,14). The third-order valence-corrected chi connectivity index (χ3v) is 3.88. The van der Waals surface area contributed by atoms with Crippen molar-refractivity contribution >= 4 is 16.7 Å². The van der Waals surface area contributed by atoms with E-state index >= 15 is 0 Å². The molecular formula is C11H19N3OS. The van der Waals surface area contributed by atoms with Gasteiger partial charge in [0.05, 0.1) is 0 Å². The first-order chi connectivity index (χ1) is 7.67. The number of anilines is 1. The molecule has 5 heteroatoms. The zero-order valence-electron chi connectivity index (χ0n) is 9.86. The molecule has 1 aromatic heterocycles. The lowest BCUT2D eigenvalue weighted by Crippen LogP contribution is -2.34. The Hall–Kier alpha value is -0.680. The van der Waals surface area contributed by atoms with Crippen LogP contribution in [0.5, 0.6) is 0 Å². The van der Waals surface area contributed by atoms with Gasteiger partial charge < -0.3 is 10.4 Å². The van der Waals surface area contributed by atoms with Gasteiger partial charge in [0.15, 0.2) is 0 Å². The largest absolute Gasteiger partial charge is 0.396 e. The summed E-state index contributed by atoms with van der Waals surface area (Å²) in [4.78, 5) is 4.50. The maximum atomic E-state index is 9.04. The van der Waals surface area contributed by atoms with Crippen LogP contribution in [0.25, 0.3) is 0 Å². The number of aliphatic hydroxyl groups excluding tert-OH is 1. The van der Waals surface area contributed by atoms with Gasteiger partial charge in [-0.15, -0.1) is 0 Å². The molecule has 0 radical (unpaired) electrons. The van der Waals surface area contributed by atoms with Crippen molar-refractivity contribution in [2.24, 2.45) is 0 Å². The van der Waals surface area contributed by atoms with Crippen molar-refractivity contribution in [3.8, 4) is 0 Å². The molecule has 0 bridgehead atoms. The fraction of sp³-hybridized carbons (Fsp3) is 0.818. The van der Waals surface area contributed by atoms with Crippen LogP contribution in [-0.2, 0) is 0 Å². The lowest BCUT2D eigenvalue weighted by atomic mass is 9.95. The van der Waals surface area contributed by atoms with Crippen LogP contribution in [-0.4, -0.2) is 26.6 Å². The van der Waals surface area contributed by atoms with Gasteiger partial charge in [0.25, 0.3) is 0 Å². The van der Waals surface area contributed by atoms with Crippen LogP contribution < -0.4 is 5.32 Å². The van der Waals surface area contributed by atoms with Gasteiger partial charge >= 0.3 is 0 Å². The van der Waals surface area contributed by atoms with Crippen molar-refractivity contribution in [1.29, 1.82) is 0 Å². The molecule has 0 aliphatic heterocycles. The van der Waals surface area contributed by atoms with E-state index in [1.54, 1.807) is 0 Å². The lowest BCUT2D eigenvalue weighted by Gasteiger charge is -2.28. The third kappa shape index (κ3) is 2.71. The van der Waals surface area contributed by atoms with Crippen LogP contribution in [0.2, 0.25) is 0 Å². The van der Waals surface area contributed by atoms with Crippen molar-refractivity contribution in [1.82, 2.24) is 9.36 Å². The molecule has 90 valence electrons. The normalized spacial score (nSPS) is 19.4. The van der Waals surface area contributed by atoms with Crippen LogP contribution in [0, 0.1) is 0 Å². The molecule has 1 aromatic rings. The fourth-order valence-corrected chi connectivity index (χ4v) is 2.42. The highest BCUT2D eigenvalue weighted by atomic mass is 32.1. The second kappa shape index (κ2) is 4.67. The van der Waals surface area contributed by atoms with Gasteiger partial charge in [-0.2, -0.15) is 4.37 Å². The molecule has 2 rings (SSSR count). The van der Waals surface area contributed by atoms with Crippen molar-refractivity contribution in [3.05, 3.63) is 5.82 Å². The van der Waals surface area contributed by atoms with Gasteiger partial charge in [0, 0.05) is 29.6 Å². The van der Waals surface area contributed by atoms with Gasteiger partial charge in [-0.1, -0.05) is 6.92 Å². The van der Waals surface area contributed by atoms with E-state index in [9.17, 15) is 0 Å². The van der Waals surface area contributed by atoms with E-state index in [1.807, 2.05) is 0 Å². The summed E-state index contributed by atoms with van der Waals surface area (Å²) >= 11 is 1.43. The smallest absolute Gasteiger partial charge is 0.203 e. The van der Waals surface area contributed by atoms with Gasteiger partial charge in [0.1, 0.15) is 5.82 Å². The number of nitrogens with one attached hydrogen (secondary N) is 1. The van der Waals surface area contributed by atoms with Crippen LogP contribution in [0.3, 0.4) is 0 Å². The number of rotatable bonds is 6. The number of hydrogen-bond acceptors (Lipinski definition) is 5. The highest BCUT2D eigenvalue weighted by Crippen LogP contribution is 2.39. The Morgan fingerprint density at radius 2 is 2.31 bits per heavy atom. The number of nitrogens with zero attached hydrogens (tertiary/aromatic N) is 2. The highest BCUT2D eigenvalue weighted by Gasteiger charge is 2.29. The summed E-state index contributed by atoms with van der Waals surface area (Å²) in [5, 5.41) is 13.3. The molecule has 2 N–H and O–H groups in total. The molecule has 0 amide bonds. The molecule has 1 fully saturated rings. The zero-order chi connectivity index (χ0) is 11.6. The maximum Gasteiger partial charge on any atom is 0.203 e. The molecule has 1 atom stereocenters. The van der Waals surface area contributed by atoms with E-state index in [0.717, 1.165) is 23.8 Å². The fourth-order valence-electron chi connectivity index (χ4n) is 1.63. The van der Waals surface area contributed by atoms with Gasteiger partial charge in [-0.25, -0.2) is 4.98 Å². The van der Waals surface area contributed by atoms with Gasteiger partial charge in [-0.3, -0.25) is 0 Å². The Morgan fingerprint density at radius 3 is 2.88 bits per heavy atom. The number of aliphatic hydroxyl groups is 1. The second-order valence-corrected chi connectivity index (χ2v) is 5.50. The molecule has 4 nitrogen and oxygen atoms in total. The average molecular weight is 241 g/mol. The monoisotopic (exact) mass is 241 g/mol. The summed E-state index contributed by atoms with van der Waals surface area (Å²) in [6, 6.07) is 0. The number of aromatic nitrogens is 2. The molecule has 0 saturated heterocycles. The topological polar surface area (TPSA) is 58.0 Å².